The largest absolute Gasteiger partial charge is 0.462 e. The van der Waals surface area contributed by atoms with Crippen molar-refractivity contribution >= 4 is 34.0 Å². The highest BCUT2D eigenvalue weighted by Gasteiger charge is 2.23. The smallest absolute Gasteiger partial charge is 0.350 e. The van der Waals surface area contributed by atoms with Gasteiger partial charge in [-0.15, -0.1) is 0 Å². The molecular formula is C21H28N4O3S. The number of ether oxygens (including phenoxy) is 1. The lowest BCUT2D eigenvalue weighted by Crippen LogP contribution is -2.48. The van der Waals surface area contributed by atoms with Gasteiger partial charge in [0.2, 0.25) is 5.91 Å². The first-order valence-electron chi connectivity index (χ1n) is 9.90. The van der Waals surface area contributed by atoms with Crippen molar-refractivity contribution in [2.45, 2.75) is 19.8 Å². The van der Waals surface area contributed by atoms with Crippen molar-refractivity contribution in [3.05, 3.63) is 40.9 Å². The molecule has 2 aromatic rings. The van der Waals surface area contributed by atoms with Gasteiger partial charge in [0.05, 0.1) is 12.8 Å². The van der Waals surface area contributed by atoms with Crippen molar-refractivity contribution in [1.29, 1.82) is 0 Å². The van der Waals surface area contributed by atoms with E-state index in [1.54, 1.807) is 13.1 Å². The van der Waals surface area contributed by atoms with Gasteiger partial charge in [-0.3, -0.25) is 4.79 Å². The summed E-state index contributed by atoms with van der Waals surface area (Å²) in [6.45, 7) is 4.93. The molecule has 0 N–H and O–H groups in total. The van der Waals surface area contributed by atoms with Gasteiger partial charge in [-0.1, -0.05) is 23.5 Å². The van der Waals surface area contributed by atoms with Crippen molar-refractivity contribution < 1.29 is 14.3 Å². The maximum atomic E-state index is 12.6. The molecule has 1 aliphatic heterocycles. The second kappa shape index (κ2) is 9.73. The summed E-state index contributed by atoms with van der Waals surface area (Å²) in [5.74, 6) is -0.142. The zero-order valence-corrected chi connectivity index (χ0v) is 18.1. The van der Waals surface area contributed by atoms with E-state index in [9.17, 15) is 9.59 Å². The average molecular weight is 417 g/mol. The van der Waals surface area contributed by atoms with Crippen LogP contribution in [0.1, 0.15) is 28.6 Å². The molecule has 0 radical (unpaired) electrons. The number of anilines is 2. The number of benzene rings is 1. The first-order chi connectivity index (χ1) is 14.0. The van der Waals surface area contributed by atoms with Crippen molar-refractivity contribution in [3.8, 4) is 0 Å². The van der Waals surface area contributed by atoms with Crippen LogP contribution in [-0.4, -0.2) is 68.6 Å². The number of piperazine rings is 1. The molecule has 1 saturated heterocycles. The molecule has 8 heteroatoms. The van der Waals surface area contributed by atoms with Crippen LogP contribution in [-0.2, 0) is 16.0 Å². The maximum Gasteiger partial charge on any atom is 0.350 e. The van der Waals surface area contributed by atoms with Crippen LogP contribution >= 0.6 is 11.3 Å². The highest BCUT2D eigenvalue weighted by atomic mass is 32.1. The number of nitrogens with zero attached hydrogens (tertiary/aromatic N) is 4. The number of amides is 1. The number of esters is 1. The van der Waals surface area contributed by atoms with Crippen molar-refractivity contribution in [2.75, 3.05) is 56.7 Å². The number of hydrogen-bond acceptors (Lipinski definition) is 7. The van der Waals surface area contributed by atoms with Gasteiger partial charge in [-0.05, 0) is 31.0 Å². The Morgan fingerprint density at radius 1 is 1.14 bits per heavy atom. The highest BCUT2D eigenvalue weighted by molar-refractivity contribution is 7.17. The molecule has 0 spiro atoms. The molecule has 1 amide bonds. The van der Waals surface area contributed by atoms with Crippen LogP contribution in [0.15, 0.2) is 30.5 Å². The van der Waals surface area contributed by atoms with Gasteiger partial charge >= 0.3 is 5.97 Å². The topological polar surface area (TPSA) is 66.0 Å². The lowest BCUT2D eigenvalue weighted by atomic mass is 10.1. The SMILES string of the molecule is CCOC(=O)c1cnc(N2CCN(C(=O)CCc3ccc(N(C)C)cc3)CC2)s1. The molecule has 1 aromatic carbocycles. The zero-order valence-electron chi connectivity index (χ0n) is 17.3. The molecule has 0 saturated carbocycles. The first-order valence-corrected chi connectivity index (χ1v) is 10.7. The number of aromatic nitrogens is 1. The minimum atomic E-state index is -0.330. The average Bonchev–Trinajstić information content (AvgIpc) is 3.23. The van der Waals surface area contributed by atoms with Crippen LogP contribution in [0, 0.1) is 0 Å². The second-order valence-corrected chi connectivity index (χ2v) is 8.17. The third kappa shape index (κ3) is 5.47. The number of hydrogen-bond donors (Lipinski definition) is 0. The molecule has 156 valence electrons. The Morgan fingerprint density at radius 2 is 1.83 bits per heavy atom. The molecule has 29 heavy (non-hydrogen) atoms. The summed E-state index contributed by atoms with van der Waals surface area (Å²) in [4.78, 5) is 35.3. The Balaban J connectivity index is 1.46. The minimum Gasteiger partial charge on any atom is -0.462 e. The summed E-state index contributed by atoms with van der Waals surface area (Å²) < 4.78 is 5.02. The summed E-state index contributed by atoms with van der Waals surface area (Å²) in [5, 5.41) is 0.807. The quantitative estimate of drug-likeness (QED) is 0.647. The maximum absolute atomic E-state index is 12.6. The lowest BCUT2D eigenvalue weighted by Gasteiger charge is -2.34. The van der Waals surface area contributed by atoms with E-state index in [0.717, 1.165) is 30.3 Å². The van der Waals surface area contributed by atoms with E-state index >= 15 is 0 Å². The van der Waals surface area contributed by atoms with E-state index in [1.165, 1.54) is 16.9 Å². The lowest BCUT2D eigenvalue weighted by molar-refractivity contribution is -0.131. The third-order valence-electron chi connectivity index (χ3n) is 4.95. The summed E-state index contributed by atoms with van der Waals surface area (Å²) >= 11 is 1.34. The van der Waals surface area contributed by atoms with Crippen LogP contribution in [0.3, 0.4) is 0 Å². The summed E-state index contributed by atoms with van der Waals surface area (Å²) in [5.41, 5.74) is 2.33. The number of aryl methyl sites for hydroxylation is 1. The van der Waals surface area contributed by atoms with Crippen molar-refractivity contribution in [1.82, 2.24) is 9.88 Å². The Hall–Kier alpha value is -2.61. The van der Waals surface area contributed by atoms with E-state index in [-0.39, 0.29) is 11.9 Å². The standard InChI is InChI=1S/C21H28N4O3S/c1-4-28-20(27)18-15-22-21(29-18)25-13-11-24(12-14-25)19(26)10-7-16-5-8-17(9-6-16)23(2)3/h5-6,8-9,15H,4,7,10-14H2,1-3H3. The second-order valence-electron chi connectivity index (χ2n) is 7.16. The summed E-state index contributed by atoms with van der Waals surface area (Å²) in [7, 11) is 4.03. The normalized spacial score (nSPS) is 14.0. The molecule has 7 nitrogen and oxygen atoms in total. The van der Waals surface area contributed by atoms with E-state index in [4.69, 9.17) is 4.74 Å². The molecule has 0 atom stereocenters. The van der Waals surface area contributed by atoms with Gasteiger partial charge in [-0.2, -0.15) is 0 Å². The van der Waals surface area contributed by atoms with Crippen LogP contribution in [0.4, 0.5) is 10.8 Å². The van der Waals surface area contributed by atoms with Crippen LogP contribution in [0.5, 0.6) is 0 Å². The van der Waals surface area contributed by atoms with Gasteiger partial charge in [0, 0.05) is 52.4 Å². The van der Waals surface area contributed by atoms with E-state index in [0.29, 0.717) is 31.0 Å². The Kier molecular flexibility index (Phi) is 7.09. The summed E-state index contributed by atoms with van der Waals surface area (Å²) in [6, 6.07) is 8.34. The van der Waals surface area contributed by atoms with E-state index < -0.39 is 0 Å². The van der Waals surface area contributed by atoms with E-state index in [1.807, 2.05) is 19.0 Å². The minimum absolute atomic E-state index is 0.188. The van der Waals surface area contributed by atoms with Gasteiger partial charge in [0.15, 0.2) is 5.13 Å². The van der Waals surface area contributed by atoms with Gasteiger partial charge < -0.3 is 19.4 Å². The predicted octanol–water partition coefficient (Wildman–Crippen LogP) is 2.67. The molecule has 1 fully saturated rings. The Bertz CT molecular complexity index is 827. The highest BCUT2D eigenvalue weighted by Crippen LogP contribution is 2.24. The Labute approximate surface area is 175 Å². The number of carbonyl (C=O) groups excluding carboxylic acids is 2. The predicted molar refractivity (Wildman–Crippen MR) is 116 cm³/mol. The number of carbonyl (C=O) groups is 2. The van der Waals surface area contributed by atoms with Crippen molar-refractivity contribution in [3.63, 3.8) is 0 Å². The zero-order chi connectivity index (χ0) is 20.8. The van der Waals surface area contributed by atoms with Gasteiger partial charge in [0.1, 0.15) is 4.88 Å². The third-order valence-corrected chi connectivity index (χ3v) is 5.99. The van der Waals surface area contributed by atoms with Gasteiger partial charge in [0.25, 0.3) is 0 Å². The Morgan fingerprint density at radius 3 is 2.45 bits per heavy atom. The summed E-state index contributed by atoms with van der Waals surface area (Å²) in [6.07, 6.45) is 2.84. The molecule has 2 heterocycles. The molecule has 0 unspecified atom stereocenters. The monoisotopic (exact) mass is 416 g/mol. The van der Waals surface area contributed by atoms with Gasteiger partial charge in [-0.25, -0.2) is 9.78 Å². The number of rotatable bonds is 7. The molecule has 0 bridgehead atoms. The van der Waals surface area contributed by atoms with Crippen LogP contribution < -0.4 is 9.80 Å². The fraction of sp³-hybridized carbons (Fsp3) is 0.476. The molecule has 1 aromatic heterocycles. The molecule has 1 aliphatic rings. The fourth-order valence-corrected chi connectivity index (χ4v) is 4.09. The van der Waals surface area contributed by atoms with Crippen molar-refractivity contribution in [2.24, 2.45) is 0 Å². The fourth-order valence-electron chi connectivity index (χ4n) is 3.22. The van der Waals surface area contributed by atoms with E-state index in [2.05, 4.69) is 39.0 Å². The van der Waals surface area contributed by atoms with Crippen LogP contribution in [0.25, 0.3) is 0 Å². The number of thiazole rings is 1. The van der Waals surface area contributed by atoms with Crippen LogP contribution in [0.2, 0.25) is 0 Å². The first kappa shape index (κ1) is 21.1. The molecule has 0 aliphatic carbocycles. The molecule has 3 rings (SSSR count). The molecular weight excluding hydrogens is 388 g/mol.